The fraction of sp³-hybridized carbons (Fsp3) is 0.158. The van der Waals surface area contributed by atoms with Gasteiger partial charge in [0.05, 0.1) is 29.6 Å². The summed E-state index contributed by atoms with van der Waals surface area (Å²) < 4.78 is 21.0. The predicted octanol–water partition coefficient (Wildman–Crippen LogP) is 2.81. The van der Waals surface area contributed by atoms with E-state index in [0.29, 0.717) is 28.4 Å². The van der Waals surface area contributed by atoms with Crippen LogP contribution in [0.5, 0.6) is 5.88 Å². The largest absolute Gasteiger partial charge is 0.481 e. The van der Waals surface area contributed by atoms with Crippen LogP contribution in [0.4, 0.5) is 4.39 Å². The third-order valence-corrected chi connectivity index (χ3v) is 4.42. The summed E-state index contributed by atoms with van der Waals surface area (Å²) in [7, 11) is 1.53. The number of nitrogens with two attached hydrogens (primary N) is 1. The van der Waals surface area contributed by atoms with E-state index in [0.717, 1.165) is 16.9 Å². The van der Waals surface area contributed by atoms with Gasteiger partial charge in [-0.25, -0.2) is 14.4 Å². The first-order valence-electron chi connectivity index (χ1n) is 8.21. The molecule has 0 aliphatic heterocycles. The van der Waals surface area contributed by atoms with Crippen LogP contribution >= 0.6 is 0 Å². The van der Waals surface area contributed by atoms with Crippen LogP contribution in [-0.4, -0.2) is 32.4 Å². The zero-order valence-electron chi connectivity index (χ0n) is 14.9. The minimum Gasteiger partial charge on any atom is -0.481 e. The maximum absolute atomic E-state index is 13.9. The van der Waals surface area contributed by atoms with Gasteiger partial charge in [-0.15, -0.1) is 0 Å². The molecular formula is C19H16FN5O2. The number of nitrogens with zero attached hydrogens (tertiary/aromatic N) is 4. The minimum atomic E-state index is -0.838. The maximum atomic E-state index is 13.9. The van der Waals surface area contributed by atoms with Crippen LogP contribution in [0.2, 0.25) is 0 Å². The molecule has 0 bridgehead atoms. The van der Waals surface area contributed by atoms with Gasteiger partial charge in [0.15, 0.2) is 5.65 Å². The van der Waals surface area contributed by atoms with E-state index in [2.05, 4.69) is 15.0 Å². The number of aryl methyl sites for hydroxylation is 2. The molecule has 1 aromatic carbocycles. The summed E-state index contributed by atoms with van der Waals surface area (Å²) >= 11 is 0. The van der Waals surface area contributed by atoms with Gasteiger partial charge >= 0.3 is 0 Å². The van der Waals surface area contributed by atoms with Gasteiger partial charge in [-0.2, -0.15) is 4.98 Å². The number of aromatic nitrogens is 4. The molecule has 0 atom stereocenters. The quantitative estimate of drug-likeness (QED) is 0.602. The van der Waals surface area contributed by atoms with Crippen molar-refractivity contribution in [2.45, 2.75) is 13.8 Å². The lowest BCUT2D eigenvalue weighted by Crippen LogP contribution is -2.13. The van der Waals surface area contributed by atoms with E-state index >= 15 is 0 Å². The summed E-state index contributed by atoms with van der Waals surface area (Å²) in [5, 5.41) is 0. The fourth-order valence-electron chi connectivity index (χ4n) is 3.23. The molecule has 1 amide bonds. The van der Waals surface area contributed by atoms with E-state index in [4.69, 9.17) is 10.5 Å². The van der Waals surface area contributed by atoms with Crippen molar-refractivity contribution in [2.24, 2.45) is 5.73 Å². The molecule has 8 heteroatoms. The topological polar surface area (TPSA) is 95.4 Å². The molecule has 0 saturated carbocycles. The van der Waals surface area contributed by atoms with Gasteiger partial charge in [0.2, 0.25) is 5.88 Å². The molecule has 0 saturated heterocycles. The number of halogens is 1. The summed E-state index contributed by atoms with van der Waals surface area (Å²) in [6, 6.07) is 7.70. The van der Waals surface area contributed by atoms with Crippen LogP contribution < -0.4 is 10.5 Å². The van der Waals surface area contributed by atoms with Gasteiger partial charge in [0.1, 0.15) is 17.2 Å². The second kappa shape index (κ2) is 6.01. The predicted molar refractivity (Wildman–Crippen MR) is 98.2 cm³/mol. The highest BCUT2D eigenvalue weighted by atomic mass is 19.1. The number of imidazole rings is 1. The molecule has 0 fully saturated rings. The molecule has 0 aliphatic carbocycles. The Kier molecular flexibility index (Phi) is 3.76. The highest BCUT2D eigenvalue weighted by molar-refractivity contribution is 5.94. The number of hydrogen-bond donors (Lipinski definition) is 1. The highest BCUT2D eigenvalue weighted by Gasteiger charge is 2.19. The van der Waals surface area contributed by atoms with E-state index in [-0.39, 0.29) is 5.56 Å². The Hall–Kier alpha value is -3.55. The molecule has 4 aromatic rings. The monoisotopic (exact) mass is 365 g/mol. The summed E-state index contributed by atoms with van der Waals surface area (Å²) in [5.41, 5.74) is 9.17. The van der Waals surface area contributed by atoms with Crippen molar-refractivity contribution >= 4 is 22.6 Å². The second-order valence-electron chi connectivity index (χ2n) is 6.16. The lowest BCUT2D eigenvalue weighted by molar-refractivity contribution is 0.0996. The number of amides is 1. The Morgan fingerprint density at radius 1 is 1.11 bits per heavy atom. The molecule has 3 aromatic heterocycles. The number of primary amides is 1. The average molecular weight is 365 g/mol. The van der Waals surface area contributed by atoms with E-state index in [1.807, 2.05) is 24.3 Å². The number of methoxy groups -OCH3 is 1. The summed E-state index contributed by atoms with van der Waals surface area (Å²) in [6.07, 6.45) is 0. The van der Waals surface area contributed by atoms with Crippen LogP contribution in [0, 0.1) is 19.7 Å². The van der Waals surface area contributed by atoms with E-state index in [1.54, 1.807) is 12.1 Å². The summed E-state index contributed by atoms with van der Waals surface area (Å²) in [4.78, 5) is 25.3. The van der Waals surface area contributed by atoms with Crippen LogP contribution in [-0.2, 0) is 0 Å². The molecule has 7 nitrogen and oxygen atoms in total. The third-order valence-electron chi connectivity index (χ3n) is 4.42. The van der Waals surface area contributed by atoms with E-state index < -0.39 is 11.7 Å². The van der Waals surface area contributed by atoms with Crippen LogP contribution in [0.1, 0.15) is 21.7 Å². The van der Waals surface area contributed by atoms with Crippen molar-refractivity contribution in [3.63, 3.8) is 0 Å². The van der Waals surface area contributed by atoms with Crippen LogP contribution in [0.25, 0.3) is 28.1 Å². The number of hydrogen-bond acceptors (Lipinski definition) is 5. The van der Waals surface area contributed by atoms with Gasteiger partial charge < -0.3 is 10.5 Å². The Morgan fingerprint density at radius 2 is 1.85 bits per heavy atom. The molecule has 4 rings (SSSR count). The maximum Gasteiger partial charge on any atom is 0.251 e. The number of pyridine rings is 1. The number of benzene rings is 1. The van der Waals surface area contributed by atoms with Gasteiger partial charge in [-0.3, -0.25) is 9.20 Å². The van der Waals surface area contributed by atoms with Crippen molar-refractivity contribution in [3.8, 4) is 17.3 Å². The normalized spacial score (nSPS) is 11.3. The summed E-state index contributed by atoms with van der Waals surface area (Å²) in [6.45, 7) is 3.75. The first kappa shape index (κ1) is 16.9. The van der Waals surface area contributed by atoms with Gasteiger partial charge in [0, 0.05) is 11.6 Å². The third kappa shape index (κ3) is 2.57. The standard InChI is InChI=1S/C19H16FN5O2/c1-9-16-10(2)23-18(11-4-5-13(20)12(8-11)17(21)26)25(16)19-14(22-9)6-7-15(24-19)27-3/h4-8H,1-3H3,(H2,21,26). The number of carbonyl (C=O) groups excluding carboxylic acids is 1. The SMILES string of the molecule is COc1ccc2nc(C)c3c(C)nc(-c4ccc(F)c(C(N)=O)c4)n3c2n1. The molecular weight excluding hydrogens is 349 g/mol. The molecule has 3 heterocycles. The van der Waals surface area contributed by atoms with Gasteiger partial charge in [-0.05, 0) is 38.1 Å². The van der Waals surface area contributed by atoms with Crippen LogP contribution in [0.3, 0.4) is 0 Å². The lowest BCUT2D eigenvalue weighted by Gasteiger charge is -2.09. The molecule has 136 valence electrons. The first-order valence-corrected chi connectivity index (χ1v) is 8.21. The van der Waals surface area contributed by atoms with Crippen molar-refractivity contribution in [1.29, 1.82) is 0 Å². The Morgan fingerprint density at radius 3 is 2.56 bits per heavy atom. The molecule has 0 aliphatic rings. The number of carbonyl (C=O) groups is 1. The van der Waals surface area contributed by atoms with Crippen molar-refractivity contribution in [3.05, 3.63) is 53.1 Å². The fourth-order valence-corrected chi connectivity index (χ4v) is 3.23. The van der Waals surface area contributed by atoms with E-state index in [1.165, 1.54) is 19.2 Å². The molecule has 2 N–H and O–H groups in total. The minimum absolute atomic E-state index is 0.192. The van der Waals surface area contributed by atoms with Crippen LogP contribution in [0.15, 0.2) is 30.3 Å². The Labute approximate surface area is 153 Å². The first-order chi connectivity index (χ1) is 12.9. The number of rotatable bonds is 3. The smallest absolute Gasteiger partial charge is 0.251 e. The Balaban J connectivity index is 2.13. The molecule has 27 heavy (non-hydrogen) atoms. The molecule has 0 radical (unpaired) electrons. The molecule has 0 unspecified atom stereocenters. The van der Waals surface area contributed by atoms with Crippen molar-refractivity contribution in [2.75, 3.05) is 7.11 Å². The Bertz CT molecular complexity index is 1230. The zero-order chi connectivity index (χ0) is 19.3. The van der Waals surface area contributed by atoms with Gasteiger partial charge in [-0.1, -0.05) is 0 Å². The zero-order valence-corrected chi connectivity index (χ0v) is 14.9. The highest BCUT2D eigenvalue weighted by Crippen LogP contribution is 2.29. The second-order valence-corrected chi connectivity index (χ2v) is 6.16. The van der Waals surface area contributed by atoms with Crippen molar-refractivity contribution < 1.29 is 13.9 Å². The molecule has 0 spiro atoms. The summed E-state index contributed by atoms with van der Waals surface area (Å²) in [5.74, 6) is -0.564. The van der Waals surface area contributed by atoms with Gasteiger partial charge in [0.25, 0.3) is 5.91 Å². The number of ether oxygens (including phenoxy) is 1. The number of fused-ring (bicyclic) bond motifs is 3. The average Bonchev–Trinajstić information content (AvgIpc) is 3.00. The van der Waals surface area contributed by atoms with E-state index in [9.17, 15) is 9.18 Å². The van der Waals surface area contributed by atoms with Crippen molar-refractivity contribution in [1.82, 2.24) is 19.4 Å². The lowest BCUT2D eigenvalue weighted by atomic mass is 10.1.